The molecule has 1 aromatic rings. The van der Waals surface area contributed by atoms with Crippen molar-refractivity contribution in [1.82, 2.24) is 9.97 Å². The van der Waals surface area contributed by atoms with Gasteiger partial charge in [0.2, 0.25) is 0 Å². The zero-order valence-electron chi connectivity index (χ0n) is 7.84. The summed E-state index contributed by atoms with van der Waals surface area (Å²) in [5, 5.41) is 1.09. The molecule has 0 spiro atoms. The van der Waals surface area contributed by atoms with Gasteiger partial charge in [0.05, 0.1) is 5.69 Å². The van der Waals surface area contributed by atoms with Gasteiger partial charge in [0.15, 0.2) is 5.16 Å². The zero-order valence-corrected chi connectivity index (χ0v) is 8.66. The van der Waals surface area contributed by atoms with Crippen LogP contribution < -0.4 is 0 Å². The molecular weight excluding hydrogens is 180 g/mol. The van der Waals surface area contributed by atoms with E-state index in [1.165, 1.54) is 24.2 Å². The highest BCUT2D eigenvalue weighted by atomic mass is 32.2. The van der Waals surface area contributed by atoms with Crippen molar-refractivity contribution in [3.63, 3.8) is 0 Å². The van der Waals surface area contributed by atoms with Gasteiger partial charge in [0.25, 0.3) is 0 Å². The molecule has 1 aliphatic rings. The van der Waals surface area contributed by atoms with Gasteiger partial charge >= 0.3 is 0 Å². The van der Waals surface area contributed by atoms with Gasteiger partial charge in [-0.25, -0.2) is 4.98 Å². The summed E-state index contributed by atoms with van der Waals surface area (Å²) in [5.41, 5.74) is 2.66. The third-order valence-corrected chi connectivity index (χ3v) is 3.06. The summed E-state index contributed by atoms with van der Waals surface area (Å²) in [6.07, 6.45) is 7.85. The lowest BCUT2D eigenvalue weighted by molar-refractivity contribution is 0.845. The third kappa shape index (κ3) is 1.97. The summed E-state index contributed by atoms with van der Waals surface area (Å²) < 4.78 is 0. The standard InChI is InChI=1S/C10H14N2S/c1-2-3-7-13-10-11-8-5-4-6-9(8)12-10/h2-3H,4-7H2,1H3,(H,11,12)/b3-2+. The first-order valence-electron chi connectivity index (χ1n) is 4.72. The van der Waals surface area contributed by atoms with E-state index < -0.39 is 0 Å². The fraction of sp³-hybridized carbons (Fsp3) is 0.500. The van der Waals surface area contributed by atoms with Crippen molar-refractivity contribution in [3.05, 3.63) is 23.5 Å². The topological polar surface area (TPSA) is 28.7 Å². The van der Waals surface area contributed by atoms with Crippen LogP contribution in [0.3, 0.4) is 0 Å². The minimum Gasteiger partial charge on any atom is -0.337 e. The van der Waals surface area contributed by atoms with E-state index in [9.17, 15) is 0 Å². The first kappa shape index (κ1) is 8.88. The molecule has 0 aromatic carbocycles. The van der Waals surface area contributed by atoms with Crippen molar-refractivity contribution in [2.24, 2.45) is 0 Å². The van der Waals surface area contributed by atoms with Gasteiger partial charge in [-0.3, -0.25) is 0 Å². The Morgan fingerprint density at radius 3 is 3.23 bits per heavy atom. The molecule has 2 nitrogen and oxygen atoms in total. The normalized spacial score (nSPS) is 15.5. The lowest BCUT2D eigenvalue weighted by Crippen LogP contribution is -1.81. The van der Waals surface area contributed by atoms with Crippen LogP contribution in [-0.4, -0.2) is 15.7 Å². The van der Waals surface area contributed by atoms with Gasteiger partial charge in [-0.05, 0) is 26.2 Å². The van der Waals surface area contributed by atoms with E-state index in [4.69, 9.17) is 0 Å². The number of hydrogen-bond acceptors (Lipinski definition) is 2. The molecule has 0 bridgehead atoms. The maximum absolute atomic E-state index is 4.54. The molecule has 1 N–H and O–H groups in total. The lowest BCUT2D eigenvalue weighted by Gasteiger charge is -1.91. The number of rotatable bonds is 3. The number of aromatic amines is 1. The number of nitrogens with zero attached hydrogens (tertiary/aromatic N) is 1. The van der Waals surface area contributed by atoms with Crippen molar-refractivity contribution in [2.45, 2.75) is 31.3 Å². The van der Waals surface area contributed by atoms with Crippen molar-refractivity contribution < 1.29 is 0 Å². The second kappa shape index (κ2) is 4.01. The van der Waals surface area contributed by atoms with E-state index >= 15 is 0 Å². The summed E-state index contributed by atoms with van der Waals surface area (Å²) in [6, 6.07) is 0. The minimum atomic E-state index is 1.02. The van der Waals surface area contributed by atoms with Gasteiger partial charge in [-0.15, -0.1) is 0 Å². The summed E-state index contributed by atoms with van der Waals surface area (Å²) in [4.78, 5) is 7.91. The predicted molar refractivity (Wildman–Crippen MR) is 56.2 cm³/mol. The average Bonchev–Trinajstić information content (AvgIpc) is 2.64. The molecule has 1 aromatic heterocycles. The van der Waals surface area contributed by atoms with Crippen LogP contribution >= 0.6 is 11.8 Å². The van der Waals surface area contributed by atoms with Crippen molar-refractivity contribution >= 4 is 11.8 Å². The Hall–Kier alpha value is -0.700. The highest BCUT2D eigenvalue weighted by molar-refractivity contribution is 7.99. The van der Waals surface area contributed by atoms with Gasteiger partial charge in [-0.2, -0.15) is 0 Å². The number of allylic oxidation sites excluding steroid dienone is 1. The molecule has 70 valence electrons. The maximum atomic E-state index is 4.54. The first-order valence-corrected chi connectivity index (χ1v) is 5.70. The third-order valence-electron chi connectivity index (χ3n) is 2.24. The molecule has 0 amide bonds. The van der Waals surface area contributed by atoms with E-state index in [0.29, 0.717) is 0 Å². The van der Waals surface area contributed by atoms with Crippen LogP contribution in [-0.2, 0) is 12.8 Å². The van der Waals surface area contributed by atoms with E-state index in [0.717, 1.165) is 17.3 Å². The summed E-state index contributed by atoms with van der Waals surface area (Å²) in [5.74, 6) is 1.02. The zero-order chi connectivity index (χ0) is 9.10. The molecule has 1 aliphatic carbocycles. The number of imidazole rings is 1. The second-order valence-electron chi connectivity index (χ2n) is 3.20. The van der Waals surface area contributed by atoms with Crippen molar-refractivity contribution in [1.29, 1.82) is 0 Å². The molecule has 0 aliphatic heterocycles. The number of aromatic nitrogens is 2. The first-order chi connectivity index (χ1) is 6.40. The predicted octanol–water partition coefficient (Wildman–Crippen LogP) is 2.57. The molecule has 0 atom stereocenters. The molecule has 0 fully saturated rings. The van der Waals surface area contributed by atoms with Crippen LogP contribution in [0.15, 0.2) is 17.3 Å². The van der Waals surface area contributed by atoms with Crippen LogP contribution in [0.2, 0.25) is 0 Å². The van der Waals surface area contributed by atoms with Crippen LogP contribution in [0.4, 0.5) is 0 Å². The number of aryl methyl sites for hydroxylation is 2. The number of H-pyrrole nitrogens is 1. The molecule has 3 heteroatoms. The smallest absolute Gasteiger partial charge is 0.166 e. The second-order valence-corrected chi connectivity index (χ2v) is 4.21. The Morgan fingerprint density at radius 1 is 1.54 bits per heavy atom. The molecule has 0 saturated heterocycles. The van der Waals surface area contributed by atoms with Gasteiger partial charge in [-0.1, -0.05) is 23.9 Å². The fourth-order valence-electron chi connectivity index (χ4n) is 1.56. The van der Waals surface area contributed by atoms with Crippen molar-refractivity contribution in [2.75, 3.05) is 5.75 Å². The maximum Gasteiger partial charge on any atom is 0.166 e. The highest BCUT2D eigenvalue weighted by Crippen LogP contribution is 2.23. The van der Waals surface area contributed by atoms with Gasteiger partial charge < -0.3 is 4.98 Å². The van der Waals surface area contributed by atoms with E-state index in [2.05, 4.69) is 22.1 Å². The average molecular weight is 194 g/mol. The van der Waals surface area contributed by atoms with Gasteiger partial charge in [0, 0.05) is 11.4 Å². The Morgan fingerprint density at radius 2 is 2.46 bits per heavy atom. The summed E-state index contributed by atoms with van der Waals surface area (Å²) in [6.45, 7) is 2.04. The highest BCUT2D eigenvalue weighted by Gasteiger charge is 2.15. The lowest BCUT2D eigenvalue weighted by atomic mass is 10.4. The molecule has 1 heterocycles. The molecular formula is C10H14N2S. The molecule has 0 unspecified atom stereocenters. The van der Waals surface area contributed by atoms with Crippen LogP contribution in [0.25, 0.3) is 0 Å². The minimum absolute atomic E-state index is 1.02. The Bertz CT molecular complexity index is 293. The van der Waals surface area contributed by atoms with Crippen LogP contribution in [0.1, 0.15) is 24.7 Å². The summed E-state index contributed by atoms with van der Waals surface area (Å²) in [7, 11) is 0. The fourth-order valence-corrected chi connectivity index (χ4v) is 2.37. The largest absolute Gasteiger partial charge is 0.337 e. The van der Waals surface area contributed by atoms with Crippen LogP contribution in [0, 0.1) is 0 Å². The van der Waals surface area contributed by atoms with Crippen molar-refractivity contribution in [3.8, 4) is 0 Å². The number of thioether (sulfide) groups is 1. The molecule has 2 rings (SSSR count). The molecule has 13 heavy (non-hydrogen) atoms. The SMILES string of the molecule is C/C=C/CSc1nc2c([nH]1)CCC2. The number of fused-ring (bicyclic) bond motifs is 1. The van der Waals surface area contributed by atoms with Gasteiger partial charge in [0.1, 0.15) is 0 Å². The van der Waals surface area contributed by atoms with E-state index in [1.807, 2.05) is 6.92 Å². The van der Waals surface area contributed by atoms with E-state index in [1.54, 1.807) is 11.8 Å². The molecule has 0 saturated carbocycles. The van der Waals surface area contributed by atoms with Crippen LogP contribution in [0.5, 0.6) is 0 Å². The Labute approximate surface area is 82.8 Å². The Kier molecular flexibility index (Phi) is 2.74. The number of hydrogen-bond donors (Lipinski definition) is 1. The number of nitrogens with one attached hydrogen (secondary N) is 1. The van der Waals surface area contributed by atoms with E-state index in [-0.39, 0.29) is 0 Å². The molecule has 0 radical (unpaired) electrons. The Balaban J connectivity index is 1.98. The quantitative estimate of drug-likeness (QED) is 0.592. The summed E-state index contributed by atoms with van der Waals surface area (Å²) >= 11 is 1.78. The monoisotopic (exact) mass is 194 g/mol.